The van der Waals surface area contributed by atoms with E-state index in [9.17, 15) is 4.79 Å². The van der Waals surface area contributed by atoms with Crippen LogP contribution in [0.4, 0.5) is 0 Å². The number of carbonyl (C=O) groups is 1. The van der Waals surface area contributed by atoms with Gasteiger partial charge in [-0.25, -0.2) is 0 Å². The number of hydrogen-bond donors (Lipinski definition) is 2. The Balaban J connectivity index is 0.000000336. The van der Waals surface area contributed by atoms with Crippen LogP contribution in [0.3, 0.4) is 0 Å². The zero-order valence-electron chi connectivity index (χ0n) is 8.98. The van der Waals surface area contributed by atoms with Gasteiger partial charge in [0, 0.05) is 13.1 Å². The second-order valence-electron chi connectivity index (χ2n) is 2.78. The molecule has 0 radical (unpaired) electrons. The van der Waals surface area contributed by atoms with Gasteiger partial charge in [0.2, 0.25) is 0 Å². The summed E-state index contributed by atoms with van der Waals surface area (Å²) in [5.41, 5.74) is 13.1. The molecule has 1 aromatic rings. The molecule has 0 saturated carbocycles. The maximum absolute atomic E-state index is 9.18. The van der Waals surface area contributed by atoms with Crippen LogP contribution < -0.4 is 11.5 Å². The Kier molecular flexibility index (Phi) is 8.33. The lowest BCUT2D eigenvalue weighted by Gasteiger charge is -1.98. The van der Waals surface area contributed by atoms with Crippen LogP contribution in [0.1, 0.15) is 18.1 Å². The van der Waals surface area contributed by atoms with Crippen molar-refractivity contribution in [2.45, 2.75) is 20.0 Å². The number of nitrogens with two attached hydrogens (primary N) is 2. The number of benzene rings is 1. The SMILES string of the molecule is CCOC=O.NCc1cccc(CN)c1. The minimum atomic E-state index is 0.431. The van der Waals surface area contributed by atoms with Crippen LogP contribution in [0.25, 0.3) is 0 Å². The third-order valence-electron chi connectivity index (χ3n) is 1.70. The molecule has 0 aromatic heterocycles. The van der Waals surface area contributed by atoms with Crippen molar-refractivity contribution >= 4 is 6.47 Å². The molecule has 0 aliphatic rings. The molecule has 0 aliphatic carbocycles. The van der Waals surface area contributed by atoms with Gasteiger partial charge in [-0.2, -0.15) is 0 Å². The Bertz CT molecular complexity index is 258. The summed E-state index contributed by atoms with van der Waals surface area (Å²) >= 11 is 0. The second-order valence-corrected chi connectivity index (χ2v) is 2.78. The summed E-state index contributed by atoms with van der Waals surface area (Å²) in [5.74, 6) is 0. The van der Waals surface area contributed by atoms with Crippen LogP contribution in [-0.4, -0.2) is 13.1 Å². The van der Waals surface area contributed by atoms with Crippen LogP contribution in [0.15, 0.2) is 24.3 Å². The maximum Gasteiger partial charge on any atom is 0.293 e. The minimum absolute atomic E-state index is 0.431. The molecule has 0 unspecified atom stereocenters. The first kappa shape index (κ1) is 13.6. The third kappa shape index (κ3) is 6.65. The van der Waals surface area contributed by atoms with Crippen molar-refractivity contribution in [1.82, 2.24) is 0 Å². The fourth-order valence-corrected chi connectivity index (χ4v) is 0.952. The van der Waals surface area contributed by atoms with Gasteiger partial charge in [-0.1, -0.05) is 24.3 Å². The van der Waals surface area contributed by atoms with E-state index in [1.807, 2.05) is 24.3 Å². The molecule has 4 N–H and O–H groups in total. The molecule has 0 amide bonds. The van der Waals surface area contributed by atoms with Gasteiger partial charge in [0.25, 0.3) is 6.47 Å². The van der Waals surface area contributed by atoms with Crippen LogP contribution >= 0.6 is 0 Å². The summed E-state index contributed by atoms with van der Waals surface area (Å²) in [4.78, 5) is 9.18. The monoisotopic (exact) mass is 210 g/mol. The summed E-state index contributed by atoms with van der Waals surface area (Å²) in [6, 6.07) is 8.00. The predicted octanol–water partition coefficient (Wildman–Crippen LogP) is 0.783. The quantitative estimate of drug-likeness (QED) is 0.720. The topological polar surface area (TPSA) is 78.3 Å². The van der Waals surface area contributed by atoms with E-state index in [-0.39, 0.29) is 0 Å². The molecule has 4 heteroatoms. The van der Waals surface area contributed by atoms with E-state index >= 15 is 0 Å². The first-order valence-electron chi connectivity index (χ1n) is 4.81. The van der Waals surface area contributed by atoms with Crippen molar-refractivity contribution in [2.75, 3.05) is 6.61 Å². The molecule has 1 aromatic carbocycles. The number of ether oxygens (including phenoxy) is 1. The summed E-state index contributed by atoms with van der Waals surface area (Å²) in [6.45, 7) is 3.85. The Morgan fingerprint density at radius 3 is 2.07 bits per heavy atom. The van der Waals surface area contributed by atoms with E-state index in [2.05, 4.69) is 4.74 Å². The molecule has 0 atom stereocenters. The molecule has 84 valence electrons. The van der Waals surface area contributed by atoms with Crippen molar-refractivity contribution in [1.29, 1.82) is 0 Å². The van der Waals surface area contributed by atoms with Gasteiger partial charge >= 0.3 is 0 Å². The lowest BCUT2D eigenvalue weighted by atomic mass is 10.1. The van der Waals surface area contributed by atoms with E-state index in [1.165, 1.54) is 0 Å². The first-order valence-corrected chi connectivity index (χ1v) is 4.81. The molecule has 0 saturated heterocycles. The Labute approximate surface area is 90.2 Å². The van der Waals surface area contributed by atoms with Crippen molar-refractivity contribution in [2.24, 2.45) is 11.5 Å². The zero-order valence-corrected chi connectivity index (χ0v) is 8.98. The second kappa shape index (κ2) is 9.18. The Morgan fingerprint density at radius 1 is 1.27 bits per heavy atom. The maximum atomic E-state index is 9.18. The molecule has 4 nitrogen and oxygen atoms in total. The average Bonchev–Trinajstić information content (AvgIpc) is 2.31. The van der Waals surface area contributed by atoms with E-state index in [1.54, 1.807) is 6.92 Å². The normalized spacial score (nSPS) is 8.73. The number of rotatable bonds is 4. The van der Waals surface area contributed by atoms with E-state index in [0.29, 0.717) is 26.2 Å². The van der Waals surface area contributed by atoms with Gasteiger partial charge in [-0.05, 0) is 18.1 Å². The van der Waals surface area contributed by atoms with Gasteiger partial charge in [0.05, 0.1) is 6.61 Å². The standard InChI is InChI=1S/C8H12N2.C3H6O2/c9-5-7-2-1-3-8(4-7)6-10;1-2-5-3-4/h1-4H,5-6,9-10H2;3H,2H2,1H3. The fraction of sp³-hybridized carbons (Fsp3) is 0.364. The summed E-state index contributed by atoms with van der Waals surface area (Å²) in [6.07, 6.45) is 0. The molecular formula is C11H18N2O2. The van der Waals surface area contributed by atoms with Crippen molar-refractivity contribution in [3.8, 4) is 0 Å². The molecule has 1 rings (SSSR count). The third-order valence-corrected chi connectivity index (χ3v) is 1.70. The molecular weight excluding hydrogens is 192 g/mol. The predicted molar refractivity (Wildman–Crippen MR) is 59.9 cm³/mol. The van der Waals surface area contributed by atoms with E-state index in [4.69, 9.17) is 11.5 Å². The summed E-state index contributed by atoms with van der Waals surface area (Å²) in [5, 5.41) is 0. The largest absolute Gasteiger partial charge is 0.468 e. The fourth-order valence-electron chi connectivity index (χ4n) is 0.952. The first-order chi connectivity index (χ1) is 7.28. The summed E-state index contributed by atoms with van der Waals surface area (Å²) < 4.78 is 4.15. The lowest BCUT2D eigenvalue weighted by molar-refractivity contribution is -0.128. The van der Waals surface area contributed by atoms with Gasteiger partial charge in [-0.3, -0.25) is 4.79 Å². The van der Waals surface area contributed by atoms with Crippen LogP contribution in [-0.2, 0) is 22.6 Å². The van der Waals surface area contributed by atoms with Crippen molar-refractivity contribution in [3.05, 3.63) is 35.4 Å². The van der Waals surface area contributed by atoms with Crippen molar-refractivity contribution < 1.29 is 9.53 Å². The molecule has 0 heterocycles. The molecule has 15 heavy (non-hydrogen) atoms. The highest BCUT2D eigenvalue weighted by atomic mass is 16.5. The molecule has 0 fully saturated rings. The highest BCUT2D eigenvalue weighted by Crippen LogP contribution is 2.02. The van der Waals surface area contributed by atoms with E-state index in [0.717, 1.165) is 11.1 Å². The highest BCUT2D eigenvalue weighted by Gasteiger charge is 1.89. The average molecular weight is 210 g/mol. The molecule has 0 bridgehead atoms. The minimum Gasteiger partial charge on any atom is -0.468 e. The molecule has 0 spiro atoms. The Hall–Kier alpha value is -1.39. The number of hydrogen-bond acceptors (Lipinski definition) is 4. The Morgan fingerprint density at radius 2 is 1.80 bits per heavy atom. The summed E-state index contributed by atoms with van der Waals surface area (Å²) in [7, 11) is 0. The van der Waals surface area contributed by atoms with Crippen LogP contribution in [0.2, 0.25) is 0 Å². The van der Waals surface area contributed by atoms with Crippen molar-refractivity contribution in [3.63, 3.8) is 0 Å². The van der Waals surface area contributed by atoms with Gasteiger partial charge in [0.1, 0.15) is 0 Å². The number of carbonyl (C=O) groups excluding carboxylic acids is 1. The zero-order chi connectivity index (χ0) is 11.5. The van der Waals surface area contributed by atoms with Crippen LogP contribution in [0, 0.1) is 0 Å². The molecule has 0 aliphatic heterocycles. The lowest BCUT2D eigenvalue weighted by Crippen LogP contribution is -2.00. The highest BCUT2D eigenvalue weighted by molar-refractivity contribution is 5.36. The van der Waals surface area contributed by atoms with Gasteiger partial charge < -0.3 is 16.2 Å². The van der Waals surface area contributed by atoms with Gasteiger partial charge in [0.15, 0.2) is 0 Å². The van der Waals surface area contributed by atoms with Crippen LogP contribution in [0.5, 0.6) is 0 Å². The smallest absolute Gasteiger partial charge is 0.293 e. The van der Waals surface area contributed by atoms with Gasteiger partial charge in [-0.15, -0.1) is 0 Å². The van der Waals surface area contributed by atoms with E-state index < -0.39 is 0 Å².